The van der Waals surface area contributed by atoms with Gasteiger partial charge in [-0.15, -0.1) is 0 Å². The summed E-state index contributed by atoms with van der Waals surface area (Å²) in [6.07, 6.45) is 0.736. The summed E-state index contributed by atoms with van der Waals surface area (Å²) < 4.78 is 18.0. The van der Waals surface area contributed by atoms with E-state index in [9.17, 15) is 4.79 Å². The zero-order valence-electron chi connectivity index (χ0n) is 14.8. The zero-order valence-corrected chi connectivity index (χ0v) is 15.8. The standard InChI is InChI=1S/C14H32N2O4Si/c1-13(2,3)19-21(18-8,20-14(4,5)6)11-9-10-16-12(17)15-7/h9-11H2,1-8H3,(H2,15,16,17). The summed E-state index contributed by atoms with van der Waals surface area (Å²) in [6, 6.07) is 0.468. The minimum atomic E-state index is -2.79. The Morgan fingerprint density at radius 3 is 1.86 bits per heavy atom. The fourth-order valence-electron chi connectivity index (χ4n) is 1.84. The second-order valence-electron chi connectivity index (χ2n) is 6.93. The van der Waals surface area contributed by atoms with Gasteiger partial charge in [0.15, 0.2) is 0 Å². The molecule has 0 bridgehead atoms. The third kappa shape index (κ3) is 9.84. The van der Waals surface area contributed by atoms with Gasteiger partial charge in [-0.1, -0.05) is 0 Å². The summed E-state index contributed by atoms with van der Waals surface area (Å²) in [4.78, 5) is 11.2. The van der Waals surface area contributed by atoms with E-state index in [1.54, 1.807) is 14.2 Å². The van der Waals surface area contributed by atoms with Crippen molar-refractivity contribution in [3.8, 4) is 0 Å². The molecule has 21 heavy (non-hydrogen) atoms. The van der Waals surface area contributed by atoms with Crippen molar-refractivity contribution in [2.75, 3.05) is 20.7 Å². The van der Waals surface area contributed by atoms with Crippen molar-refractivity contribution >= 4 is 14.8 Å². The van der Waals surface area contributed by atoms with Crippen LogP contribution in [0.1, 0.15) is 48.0 Å². The average Bonchev–Trinajstić information content (AvgIpc) is 2.30. The summed E-state index contributed by atoms with van der Waals surface area (Å²) in [6.45, 7) is 12.5. The van der Waals surface area contributed by atoms with Crippen molar-refractivity contribution in [3.63, 3.8) is 0 Å². The first-order valence-electron chi connectivity index (χ1n) is 7.34. The molecule has 0 aliphatic carbocycles. The lowest BCUT2D eigenvalue weighted by Gasteiger charge is -2.39. The molecule has 0 heterocycles. The van der Waals surface area contributed by atoms with Gasteiger partial charge in [-0.25, -0.2) is 4.79 Å². The first kappa shape index (κ1) is 20.4. The maximum Gasteiger partial charge on any atom is 0.501 e. The molecule has 0 saturated heterocycles. The van der Waals surface area contributed by atoms with Crippen LogP contribution in [0.3, 0.4) is 0 Å². The maximum atomic E-state index is 11.2. The van der Waals surface area contributed by atoms with Gasteiger partial charge < -0.3 is 23.9 Å². The Bertz CT molecular complexity index is 308. The number of carbonyl (C=O) groups is 1. The molecule has 0 unspecified atom stereocenters. The third-order valence-corrected chi connectivity index (χ3v) is 5.84. The molecule has 0 radical (unpaired) electrons. The number of hydrogen-bond acceptors (Lipinski definition) is 4. The molecule has 0 spiro atoms. The van der Waals surface area contributed by atoms with E-state index in [0.717, 1.165) is 6.42 Å². The van der Waals surface area contributed by atoms with Crippen molar-refractivity contribution in [2.24, 2.45) is 0 Å². The summed E-state index contributed by atoms with van der Waals surface area (Å²) in [5, 5.41) is 5.28. The molecule has 6 nitrogen and oxygen atoms in total. The number of rotatable bonds is 7. The topological polar surface area (TPSA) is 68.8 Å². The lowest BCUT2D eigenvalue weighted by molar-refractivity contribution is -0.0365. The molecular weight excluding hydrogens is 288 g/mol. The molecule has 0 rings (SSSR count). The summed E-state index contributed by atoms with van der Waals surface area (Å²) in [7, 11) is 0.433. The zero-order chi connectivity index (χ0) is 16.7. The van der Waals surface area contributed by atoms with Gasteiger partial charge in [-0.2, -0.15) is 0 Å². The van der Waals surface area contributed by atoms with Crippen LogP contribution in [0.5, 0.6) is 0 Å². The van der Waals surface area contributed by atoms with Crippen LogP contribution in [0.2, 0.25) is 6.04 Å². The van der Waals surface area contributed by atoms with Crippen molar-refractivity contribution in [2.45, 2.75) is 65.2 Å². The highest BCUT2D eigenvalue weighted by atomic mass is 28.4. The molecule has 7 heteroatoms. The second kappa shape index (κ2) is 8.12. The normalized spacial score (nSPS) is 13.1. The van der Waals surface area contributed by atoms with Gasteiger partial charge in [-0.05, 0) is 48.0 Å². The molecule has 0 atom stereocenters. The van der Waals surface area contributed by atoms with Crippen LogP contribution in [0.25, 0.3) is 0 Å². The minimum Gasteiger partial charge on any atom is -0.377 e. The molecule has 0 aromatic carbocycles. The fourth-order valence-corrected chi connectivity index (χ4v) is 4.93. The Morgan fingerprint density at radius 1 is 1.05 bits per heavy atom. The lowest BCUT2D eigenvalue weighted by Crippen LogP contribution is -2.53. The molecule has 0 aromatic heterocycles. The monoisotopic (exact) mass is 320 g/mol. The Morgan fingerprint density at radius 2 is 1.52 bits per heavy atom. The second-order valence-corrected chi connectivity index (χ2v) is 9.61. The summed E-state index contributed by atoms with van der Waals surface area (Å²) in [5.74, 6) is 0. The molecule has 0 fully saturated rings. The molecule has 0 aliphatic heterocycles. The van der Waals surface area contributed by atoms with Gasteiger partial charge in [0.1, 0.15) is 0 Å². The average molecular weight is 321 g/mol. The predicted octanol–water partition coefficient (Wildman–Crippen LogP) is 2.52. The predicted molar refractivity (Wildman–Crippen MR) is 86.3 cm³/mol. The third-order valence-electron chi connectivity index (χ3n) is 2.41. The number of carbonyl (C=O) groups excluding carboxylic acids is 1. The number of nitrogens with one attached hydrogen (secondary N) is 2. The van der Waals surface area contributed by atoms with Crippen LogP contribution in [0.4, 0.5) is 4.79 Å². The first-order chi connectivity index (χ1) is 9.43. The highest BCUT2D eigenvalue weighted by molar-refractivity contribution is 6.60. The molecule has 2 N–H and O–H groups in total. The molecule has 2 amide bonds. The quantitative estimate of drug-likeness (QED) is 0.559. The Kier molecular flexibility index (Phi) is 7.87. The van der Waals surface area contributed by atoms with Crippen LogP contribution < -0.4 is 10.6 Å². The SMILES string of the molecule is CNC(=O)NCCC[Si](OC)(OC(C)(C)C)OC(C)(C)C. The van der Waals surface area contributed by atoms with Crippen LogP contribution in [-0.2, 0) is 13.3 Å². The van der Waals surface area contributed by atoms with Gasteiger partial charge in [0.2, 0.25) is 0 Å². The van der Waals surface area contributed by atoms with E-state index in [0.29, 0.717) is 12.6 Å². The van der Waals surface area contributed by atoms with Gasteiger partial charge >= 0.3 is 14.8 Å². The minimum absolute atomic E-state index is 0.187. The Labute approximate surface area is 130 Å². The van der Waals surface area contributed by atoms with Crippen molar-refractivity contribution in [1.82, 2.24) is 10.6 Å². The first-order valence-corrected chi connectivity index (χ1v) is 9.27. The van der Waals surface area contributed by atoms with Crippen LogP contribution >= 0.6 is 0 Å². The number of hydrogen-bond donors (Lipinski definition) is 2. The van der Waals surface area contributed by atoms with Crippen LogP contribution in [0.15, 0.2) is 0 Å². The number of amides is 2. The molecular formula is C14H32N2O4Si. The molecule has 0 aliphatic rings. The van der Waals surface area contributed by atoms with E-state index in [1.165, 1.54) is 0 Å². The van der Waals surface area contributed by atoms with E-state index in [2.05, 4.69) is 10.6 Å². The molecule has 0 aromatic rings. The van der Waals surface area contributed by atoms with Gasteiger partial charge in [0.25, 0.3) is 0 Å². The smallest absolute Gasteiger partial charge is 0.377 e. The van der Waals surface area contributed by atoms with Gasteiger partial charge in [0, 0.05) is 26.7 Å². The molecule has 126 valence electrons. The van der Waals surface area contributed by atoms with Crippen molar-refractivity contribution in [3.05, 3.63) is 0 Å². The van der Waals surface area contributed by atoms with E-state index in [-0.39, 0.29) is 17.2 Å². The van der Waals surface area contributed by atoms with E-state index < -0.39 is 8.80 Å². The summed E-state index contributed by atoms with van der Waals surface area (Å²) in [5.41, 5.74) is -0.691. The highest BCUT2D eigenvalue weighted by Crippen LogP contribution is 2.28. The summed E-state index contributed by atoms with van der Waals surface area (Å²) >= 11 is 0. The van der Waals surface area contributed by atoms with E-state index in [1.807, 2.05) is 41.5 Å². The van der Waals surface area contributed by atoms with Crippen LogP contribution in [-0.4, -0.2) is 46.7 Å². The van der Waals surface area contributed by atoms with E-state index >= 15 is 0 Å². The van der Waals surface area contributed by atoms with E-state index in [4.69, 9.17) is 13.3 Å². The van der Waals surface area contributed by atoms with Crippen LogP contribution in [0, 0.1) is 0 Å². The molecule has 0 saturated carbocycles. The maximum absolute atomic E-state index is 11.2. The number of urea groups is 1. The fraction of sp³-hybridized carbons (Fsp3) is 0.929. The van der Waals surface area contributed by atoms with Crippen molar-refractivity contribution < 1.29 is 18.1 Å². The largest absolute Gasteiger partial charge is 0.501 e. The Balaban J connectivity index is 4.74. The van der Waals surface area contributed by atoms with Gasteiger partial charge in [-0.3, -0.25) is 0 Å². The Hall–Kier alpha value is -0.633. The highest BCUT2D eigenvalue weighted by Gasteiger charge is 2.46. The lowest BCUT2D eigenvalue weighted by atomic mass is 10.2. The van der Waals surface area contributed by atoms with Gasteiger partial charge in [0.05, 0.1) is 11.2 Å². The van der Waals surface area contributed by atoms with Crippen molar-refractivity contribution in [1.29, 1.82) is 0 Å².